The monoisotopic (exact) mass is 438 g/mol. The van der Waals surface area contributed by atoms with Gasteiger partial charge in [-0.1, -0.05) is 24.3 Å². The number of H-pyrrole nitrogens is 1. The van der Waals surface area contributed by atoms with Crippen molar-refractivity contribution in [2.24, 2.45) is 0 Å². The minimum absolute atomic E-state index is 0.0661. The first-order chi connectivity index (χ1) is 15.7. The summed E-state index contributed by atoms with van der Waals surface area (Å²) >= 11 is 0. The van der Waals surface area contributed by atoms with E-state index in [0.29, 0.717) is 13.0 Å². The van der Waals surface area contributed by atoms with Gasteiger partial charge in [-0.3, -0.25) is 4.79 Å². The lowest BCUT2D eigenvalue weighted by molar-refractivity contribution is -0.117. The molecule has 0 saturated carbocycles. The molecule has 2 N–H and O–H groups in total. The number of allylic oxidation sites excluding steroid dienone is 1. The molecule has 0 radical (unpaired) electrons. The van der Waals surface area contributed by atoms with Crippen molar-refractivity contribution in [3.8, 4) is 6.07 Å². The third kappa shape index (κ3) is 4.29. The predicted octanol–water partition coefficient (Wildman–Crippen LogP) is 5.37. The molecule has 2 heterocycles. The van der Waals surface area contributed by atoms with Gasteiger partial charge in [0.15, 0.2) is 0 Å². The fourth-order valence-electron chi connectivity index (χ4n) is 4.52. The van der Waals surface area contributed by atoms with Gasteiger partial charge in [-0.2, -0.15) is 5.26 Å². The van der Waals surface area contributed by atoms with Crippen molar-refractivity contribution in [2.45, 2.75) is 39.7 Å². The first-order valence-electron chi connectivity index (χ1n) is 11.2. The van der Waals surface area contributed by atoms with Crippen LogP contribution >= 0.6 is 0 Å². The maximum atomic E-state index is 12.7. The van der Waals surface area contributed by atoms with Crippen molar-refractivity contribution < 1.29 is 4.79 Å². The summed E-state index contributed by atoms with van der Waals surface area (Å²) < 4.78 is 0. The third-order valence-electron chi connectivity index (χ3n) is 6.62. The molecule has 4 rings (SSSR count). The Labute approximate surface area is 195 Å². The lowest BCUT2D eigenvalue weighted by Crippen LogP contribution is -2.42. The standard InChI is InChI=1S/C28H30N4O/c1-18-12-26-24(19(2)15-28(3,4)32(26)5)14-21(18)13-22(16-29)27(33)30-11-10-20-17-31-25-9-7-6-8-23(20)25/h6-9,12-15,17,31H,10-11H2,1-5H3,(H,30,33)/b22-13+. The van der Waals surface area contributed by atoms with Gasteiger partial charge in [-0.25, -0.2) is 0 Å². The minimum atomic E-state index is -0.347. The number of hydrogen-bond donors (Lipinski definition) is 2. The number of rotatable bonds is 5. The topological polar surface area (TPSA) is 71.9 Å². The zero-order valence-corrected chi connectivity index (χ0v) is 19.9. The average Bonchev–Trinajstić information content (AvgIpc) is 3.19. The second-order valence-electron chi connectivity index (χ2n) is 9.30. The highest BCUT2D eigenvalue weighted by atomic mass is 16.1. The molecular formula is C28H30N4O. The Morgan fingerprint density at radius 3 is 2.76 bits per heavy atom. The van der Waals surface area contributed by atoms with E-state index in [0.717, 1.165) is 38.8 Å². The molecule has 0 fully saturated rings. The highest BCUT2D eigenvalue weighted by Crippen LogP contribution is 2.39. The summed E-state index contributed by atoms with van der Waals surface area (Å²) in [7, 11) is 2.10. The van der Waals surface area contributed by atoms with Crippen LogP contribution in [0.25, 0.3) is 22.6 Å². The number of aromatic amines is 1. The number of nitrogens with one attached hydrogen (secondary N) is 2. The molecule has 0 saturated heterocycles. The number of para-hydroxylation sites is 1. The predicted molar refractivity (Wildman–Crippen MR) is 136 cm³/mol. The maximum Gasteiger partial charge on any atom is 0.261 e. The molecule has 3 aromatic rings. The minimum Gasteiger partial charge on any atom is -0.365 e. The molecule has 33 heavy (non-hydrogen) atoms. The van der Waals surface area contributed by atoms with Gasteiger partial charge in [-0.05, 0) is 80.7 Å². The van der Waals surface area contributed by atoms with Gasteiger partial charge in [0.25, 0.3) is 5.91 Å². The van der Waals surface area contributed by atoms with Crippen LogP contribution < -0.4 is 10.2 Å². The van der Waals surface area contributed by atoms with Gasteiger partial charge in [0.1, 0.15) is 11.6 Å². The maximum absolute atomic E-state index is 12.7. The number of nitriles is 1. The van der Waals surface area contributed by atoms with Gasteiger partial charge in [0.2, 0.25) is 0 Å². The van der Waals surface area contributed by atoms with Crippen LogP contribution in [-0.2, 0) is 11.2 Å². The van der Waals surface area contributed by atoms with Crippen LogP contribution in [-0.4, -0.2) is 30.0 Å². The molecular weight excluding hydrogens is 408 g/mol. The molecule has 0 bridgehead atoms. The molecule has 0 atom stereocenters. The number of fused-ring (bicyclic) bond motifs is 2. The highest BCUT2D eigenvalue weighted by molar-refractivity contribution is 6.02. The van der Waals surface area contributed by atoms with E-state index in [-0.39, 0.29) is 17.0 Å². The summed E-state index contributed by atoms with van der Waals surface area (Å²) in [6.45, 7) is 8.97. The second kappa shape index (κ2) is 8.63. The first-order valence-corrected chi connectivity index (χ1v) is 11.2. The van der Waals surface area contributed by atoms with Crippen molar-refractivity contribution in [1.82, 2.24) is 10.3 Å². The lowest BCUT2D eigenvalue weighted by Gasteiger charge is -2.41. The van der Waals surface area contributed by atoms with Gasteiger partial charge in [0, 0.05) is 41.9 Å². The number of aryl methyl sites for hydroxylation is 1. The Morgan fingerprint density at radius 1 is 1.24 bits per heavy atom. The van der Waals surface area contributed by atoms with E-state index < -0.39 is 0 Å². The number of benzene rings is 2. The molecule has 2 aromatic carbocycles. The molecule has 1 aliphatic heterocycles. The van der Waals surface area contributed by atoms with E-state index >= 15 is 0 Å². The summed E-state index contributed by atoms with van der Waals surface area (Å²) in [5, 5.41) is 13.7. The SMILES string of the molecule is CC1=CC(C)(C)N(C)c2cc(C)c(/C=C(\C#N)C(=O)NCCc3c[nH]c4ccccc34)cc21. The molecule has 0 aliphatic carbocycles. The average molecular weight is 439 g/mol. The zero-order chi connectivity index (χ0) is 23.8. The van der Waals surface area contributed by atoms with Crippen molar-refractivity contribution >= 4 is 34.1 Å². The molecule has 168 valence electrons. The number of amides is 1. The molecule has 5 nitrogen and oxygen atoms in total. The van der Waals surface area contributed by atoms with E-state index in [9.17, 15) is 10.1 Å². The Kier molecular flexibility index (Phi) is 5.86. The molecule has 0 unspecified atom stereocenters. The van der Waals surface area contributed by atoms with Crippen LogP contribution in [0.1, 0.15) is 43.0 Å². The van der Waals surface area contributed by atoms with Gasteiger partial charge in [0.05, 0.1) is 5.54 Å². The fourth-order valence-corrected chi connectivity index (χ4v) is 4.52. The number of aromatic nitrogens is 1. The van der Waals surface area contributed by atoms with Crippen LogP contribution in [0.5, 0.6) is 0 Å². The van der Waals surface area contributed by atoms with Gasteiger partial charge in [-0.15, -0.1) is 0 Å². The molecule has 0 spiro atoms. The number of likely N-dealkylation sites (N-methyl/N-ethyl adjacent to an activating group) is 1. The van der Waals surface area contributed by atoms with Crippen molar-refractivity contribution in [1.29, 1.82) is 5.26 Å². The molecule has 1 amide bonds. The highest BCUT2D eigenvalue weighted by Gasteiger charge is 2.28. The summed E-state index contributed by atoms with van der Waals surface area (Å²) in [6, 6.07) is 14.4. The Hall–Kier alpha value is -3.78. The summed E-state index contributed by atoms with van der Waals surface area (Å²) in [5.74, 6) is -0.347. The molecule has 1 aliphatic rings. The Balaban J connectivity index is 1.52. The van der Waals surface area contributed by atoms with Crippen molar-refractivity contribution in [2.75, 3.05) is 18.5 Å². The van der Waals surface area contributed by atoms with E-state index in [1.807, 2.05) is 31.3 Å². The first kappa shape index (κ1) is 22.4. The zero-order valence-electron chi connectivity index (χ0n) is 19.9. The normalized spacial score (nSPS) is 15.1. The van der Waals surface area contributed by atoms with Crippen LogP contribution in [0.2, 0.25) is 0 Å². The number of nitrogens with zero attached hydrogens (tertiary/aromatic N) is 2. The summed E-state index contributed by atoms with van der Waals surface area (Å²) in [6.07, 6.45) is 6.62. The van der Waals surface area contributed by atoms with E-state index in [1.54, 1.807) is 6.08 Å². The third-order valence-corrected chi connectivity index (χ3v) is 6.62. The number of hydrogen-bond acceptors (Lipinski definition) is 3. The van der Waals surface area contributed by atoms with Crippen LogP contribution in [0.15, 0.2) is 54.2 Å². The van der Waals surface area contributed by atoms with Crippen LogP contribution in [0.4, 0.5) is 5.69 Å². The van der Waals surface area contributed by atoms with E-state index in [4.69, 9.17) is 0 Å². The van der Waals surface area contributed by atoms with Gasteiger partial charge < -0.3 is 15.2 Å². The largest absolute Gasteiger partial charge is 0.365 e. The summed E-state index contributed by atoms with van der Waals surface area (Å²) in [5.41, 5.74) is 7.69. The Morgan fingerprint density at radius 2 is 2.00 bits per heavy atom. The van der Waals surface area contributed by atoms with Gasteiger partial charge >= 0.3 is 0 Å². The quantitative estimate of drug-likeness (QED) is 0.415. The van der Waals surface area contributed by atoms with Crippen molar-refractivity contribution in [3.63, 3.8) is 0 Å². The lowest BCUT2D eigenvalue weighted by atomic mass is 9.87. The van der Waals surface area contributed by atoms with Crippen molar-refractivity contribution in [3.05, 3.63) is 76.5 Å². The van der Waals surface area contributed by atoms with E-state index in [2.05, 4.69) is 73.4 Å². The fraction of sp³-hybridized carbons (Fsp3) is 0.286. The summed E-state index contributed by atoms with van der Waals surface area (Å²) in [4.78, 5) is 18.3. The number of carbonyl (C=O) groups excluding carboxylic acids is 1. The number of carbonyl (C=O) groups is 1. The van der Waals surface area contributed by atoms with Crippen LogP contribution in [0.3, 0.4) is 0 Å². The second-order valence-corrected chi connectivity index (χ2v) is 9.30. The number of anilines is 1. The van der Waals surface area contributed by atoms with E-state index in [1.165, 1.54) is 5.57 Å². The molecule has 5 heteroatoms. The van der Waals surface area contributed by atoms with Crippen LogP contribution in [0, 0.1) is 18.3 Å². The smallest absolute Gasteiger partial charge is 0.261 e. The molecule has 1 aromatic heterocycles. The Bertz CT molecular complexity index is 1330.